The van der Waals surface area contributed by atoms with Crippen LogP contribution in [-0.2, 0) is 0 Å². The molecule has 3 aromatic rings. The van der Waals surface area contributed by atoms with Gasteiger partial charge in [0.1, 0.15) is 0 Å². The van der Waals surface area contributed by atoms with Gasteiger partial charge in [0.05, 0.1) is 29.0 Å². The standard InChI is InChI=1S/C17H19N3S/c1-3-8-18-17(13-9-12(2)21-11-13)16-10-19-14-6-4-5-7-15(14)20-16/h4-7,9-11,17-18H,3,8H2,1-2H3. The van der Waals surface area contributed by atoms with Crippen LogP contribution in [0.4, 0.5) is 0 Å². The van der Waals surface area contributed by atoms with Crippen molar-refractivity contribution < 1.29 is 0 Å². The first-order valence-electron chi connectivity index (χ1n) is 7.28. The molecule has 2 heterocycles. The van der Waals surface area contributed by atoms with E-state index in [1.165, 1.54) is 10.4 Å². The number of para-hydroxylation sites is 2. The van der Waals surface area contributed by atoms with Crippen LogP contribution in [0.25, 0.3) is 11.0 Å². The summed E-state index contributed by atoms with van der Waals surface area (Å²) in [5, 5.41) is 5.79. The summed E-state index contributed by atoms with van der Waals surface area (Å²) >= 11 is 1.78. The zero-order valence-electron chi connectivity index (χ0n) is 12.3. The van der Waals surface area contributed by atoms with E-state index < -0.39 is 0 Å². The number of rotatable bonds is 5. The fourth-order valence-corrected chi connectivity index (χ4v) is 3.14. The molecule has 0 aliphatic carbocycles. The molecule has 0 saturated heterocycles. The molecule has 3 rings (SSSR count). The van der Waals surface area contributed by atoms with E-state index in [9.17, 15) is 0 Å². The molecule has 0 aliphatic rings. The third-order valence-electron chi connectivity index (χ3n) is 3.45. The van der Waals surface area contributed by atoms with Crippen LogP contribution in [0.3, 0.4) is 0 Å². The average molecular weight is 297 g/mol. The lowest BCUT2D eigenvalue weighted by atomic mass is 10.1. The Labute approximate surface area is 129 Å². The van der Waals surface area contributed by atoms with Gasteiger partial charge in [-0.25, -0.2) is 4.98 Å². The van der Waals surface area contributed by atoms with Crippen molar-refractivity contribution in [3.05, 3.63) is 58.0 Å². The summed E-state index contributed by atoms with van der Waals surface area (Å²) in [5.41, 5.74) is 4.15. The summed E-state index contributed by atoms with van der Waals surface area (Å²) in [4.78, 5) is 10.7. The van der Waals surface area contributed by atoms with Crippen LogP contribution in [-0.4, -0.2) is 16.5 Å². The van der Waals surface area contributed by atoms with Crippen molar-refractivity contribution in [1.82, 2.24) is 15.3 Å². The van der Waals surface area contributed by atoms with Crippen molar-refractivity contribution in [3.63, 3.8) is 0 Å². The van der Waals surface area contributed by atoms with Crippen molar-refractivity contribution in [2.24, 2.45) is 0 Å². The van der Waals surface area contributed by atoms with Gasteiger partial charge in [-0.1, -0.05) is 19.1 Å². The fourth-order valence-electron chi connectivity index (χ4n) is 2.41. The van der Waals surface area contributed by atoms with Gasteiger partial charge in [-0.3, -0.25) is 4.98 Å². The van der Waals surface area contributed by atoms with Crippen molar-refractivity contribution in [3.8, 4) is 0 Å². The quantitative estimate of drug-likeness (QED) is 0.771. The Hall–Kier alpha value is -1.78. The van der Waals surface area contributed by atoms with Crippen LogP contribution in [0.1, 0.15) is 35.5 Å². The summed E-state index contributed by atoms with van der Waals surface area (Å²) in [6, 6.07) is 10.4. The molecule has 0 amide bonds. The molecule has 1 N–H and O–H groups in total. The number of nitrogens with one attached hydrogen (secondary N) is 1. The smallest absolute Gasteiger partial charge is 0.0890 e. The summed E-state index contributed by atoms with van der Waals surface area (Å²) in [7, 11) is 0. The molecule has 1 atom stereocenters. The van der Waals surface area contributed by atoms with E-state index in [1.807, 2.05) is 30.5 Å². The number of aryl methyl sites for hydroxylation is 1. The van der Waals surface area contributed by atoms with E-state index in [0.29, 0.717) is 0 Å². The fraction of sp³-hybridized carbons (Fsp3) is 0.294. The number of hydrogen-bond acceptors (Lipinski definition) is 4. The third-order valence-corrected chi connectivity index (χ3v) is 4.33. The van der Waals surface area contributed by atoms with Crippen molar-refractivity contribution in [2.75, 3.05) is 6.54 Å². The second-order valence-corrected chi connectivity index (χ2v) is 6.28. The highest BCUT2D eigenvalue weighted by Crippen LogP contribution is 2.25. The Morgan fingerprint density at radius 2 is 2.05 bits per heavy atom. The number of aromatic nitrogens is 2. The van der Waals surface area contributed by atoms with Gasteiger partial charge < -0.3 is 5.32 Å². The first-order chi connectivity index (χ1) is 10.3. The molecule has 0 radical (unpaired) electrons. The topological polar surface area (TPSA) is 37.8 Å². The summed E-state index contributed by atoms with van der Waals surface area (Å²) < 4.78 is 0. The lowest BCUT2D eigenvalue weighted by Crippen LogP contribution is -2.23. The van der Waals surface area contributed by atoms with Crippen LogP contribution >= 0.6 is 11.3 Å². The predicted molar refractivity (Wildman–Crippen MR) is 88.7 cm³/mol. The van der Waals surface area contributed by atoms with Gasteiger partial charge in [0.15, 0.2) is 0 Å². The molecule has 4 heteroatoms. The predicted octanol–water partition coefficient (Wildman–Crippen LogP) is 4.09. The number of fused-ring (bicyclic) bond motifs is 1. The van der Waals surface area contributed by atoms with E-state index in [-0.39, 0.29) is 6.04 Å². The number of benzene rings is 1. The Bertz CT molecular complexity index is 735. The molecule has 3 nitrogen and oxygen atoms in total. The second-order valence-electron chi connectivity index (χ2n) is 5.16. The lowest BCUT2D eigenvalue weighted by Gasteiger charge is -2.17. The van der Waals surface area contributed by atoms with Crippen LogP contribution in [0, 0.1) is 6.92 Å². The Morgan fingerprint density at radius 3 is 2.76 bits per heavy atom. The van der Waals surface area contributed by atoms with Gasteiger partial charge in [0.25, 0.3) is 0 Å². The average Bonchev–Trinajstić information content (AvgIpc) is 2.94. The molecule has 1 unspecified atom stereocenters. The summed E-state index contributed by atoms with van der Waals surface area (Å²) in [5.74, 6) is 0. The first-order valence-corrected chi connectivity index (χ1v) is 8.16. The minimum absolute atomic E-state index is 0.118. The Kier molecular flexibility index (Phi) is 4.27. The van der Waals surface area contributed by atoms with E-state index >= 15 is 0 Å². The zero-order chi connectivity index (χ0) is 14.7. The van der Waals surface area contributed by atoms with E-state index in [2.05, 4.69) is 35.6 Å². The van der Waals surface area contributed by atoms with E-state index in [4.69, 9.17) is 4.98 Å². The second kappa shape index (κ2) is 6.33. The molecule has 0 aliphatic heterocycles. The van der Waals surface area contributed by atoms with Crippen molar-refractivity contribution in [2.45, 2.75) is 26.3 Å². The molecular weight excluding hydrogens is 278 g/mol. The highest BCUT2D eigenvalue weighted by molar-refractivity contribution is 7.10. The zero-order valence-corrected chi connectivity index (χ0v) is 13.2. The minimum atomic E-state index is 0.118. The molecule has 108 valence electrons. The van der Waals surface area contributed by atoms with Gasteiger partial charge >= 0.3 is 0 Å². The maximum absolute atomic E-state index is 4.79. The van der Waals surface area contributed by atoms with Crippen LogP contribution in [0.5, 0.6) is 0 Å². The van der Waals surface area contributed by atoms with Gasteiger partial charge in [0.2, 0.25) is 0 Å². The van der Waals surface area contributed by atoms with Gasteiger partial charge in [-0.2, -0.15) is 0 Å². The maximum atomic E-state index is 4.79. The SMILES string of the molecule is CCCNC(c1csc(C)c1)c1cnc2ccccc2n1. The van der Waals surface area contributed by atoms with Crippen molar-refractivity contribution >= 4 is 22.4 Å². The first kappa shape index (κ1) is 14.2. The highest BCUT2D eigenvalue weighted by atomic mass is 32.1. The Morgan fingerprint density at radius 1 is 1.24 bits per heavy atom. The molecule has 0 saturated carbocycles. The van der Waals surface area contributed by atoms with Crippen LogP contribution in [0.15, 0.2) is 41.9 Å². The molecule has 0 spiro atoms. The third kappa shape index (κ3) is 3.12. The van der Waals surface area contributed by atoms with Gasteiger partial charge in [-0.15, -0.1) is 11.3 Å². The largest absolute Gasteiger partial charge is 0.305 e. The van der Waals surface area contributed by atoms with Gasteiger partial charge in [-0.05, 0) is 49.0 Å². The van der Waals surface area contributed by atoms with Crippen LogP contribution < -0.4 is 5.32 Å². The summed E-state index contributed by atoms with van der Waals surface area (Å²) in [6.07, 6.45) is 2.99. The monoisotopic (exact) mass is 297 g/mol. The van der Waals surface area contributed by atoms with Crippen LogP contribution in [0.2, 0.25) is 0 Å². The normalized spacial score (nSPS) is 12.7. The van der Waals surface area contributed by atoms with Crippen molar-refractivity contribution in [1.29, 1.82) is 0 Å². The molecule has 0 bridgehead atoms. The van der Waals surface area contributed by atoms with Gasteiger partial charge in [0, 0.05) is 4.88 Å². The molecule has 21 heavy (non-hydrogen) atoms. The van der Waals surface area contributed by atoms with E-state index in [0.717, 1.165) is 29.7 Å². The summed E-state index contributed by atoms with van der Waals surface area (Å²) in [6.45, 7) is 5.28. The minimum Gasteiger partial charge on any atom is -0.305 e. The lowest BCUT2D eigenvalue weighted by molar-refractivity contribution is 0.587. The number of hydrogen-bond donors (Lipinski definition) is 1. The molecular formula is C17H19N3S. The highest BCUT2D eigenvalue weighted by Gasteiger charge is 2.16. The number of nitrogens with zero attached hydrogens (tertiary/aromatic N) is 2. The maximum Gasteiger partial charge on any atom is 0.0890 e. The van der Waals surface area contributed by atoms with E-state index in [1.54, 1.807) is 11.3 Å². The Balaban J connectivity index is 2.00. The molecule has 2 aromatic heterocycles. The molecule has 1 aromatic carbocycles. The number of thiophene rings is 1. The molecule has 0 fully saturated rings.